The number of benzene rings is 1. The molecule has 2 aromatic rings. The van der Waals surface area contributed by atoms with Crippen LogP contribution in [0.25, 0.3) is 5.69 Å². The predicted octanol–water partition coefficient (Wildman–Crippen LogP) is 3.71. The van der Waals surface area contributed by atoms with Crippen LogP contribution in [0.2, 0.25) is 0 Å². The Morgan fingerprint density at radius 2 is 1.75 bits per heavy atom. The smallest absolute Gasteiger partial charge is 0.314 e. The summed E-state index contributed by atoms with van der Waals surface area (Å²) in [6.07, 6.45) is 6.53. The Balaban J connectivity index is 1.52. The summed E-state index contributed by atoms with van der Waals surface area (Å²) in [5.41, 5.74) is 4.03. The first kappa shape index (κ1) is 19.1. The van der Waals surface area contributed by atoms with Crippen LogP contribution in [0.5, 0.6) is 0 Å². The number of thioether (sulfide) groups is 1. The van der Waals surface area contributed by atoms with Crippen molar-refractivity contribution in [2.24, 2.45) is 0 Å². The van der Waals surface area contributed by atoms with Crippen molar-refractivity contribution in [1.29, 1.82) is 0 Å². The second kappa shape index (κ2) is 8.39. The van der Waals surface area contributed by atoms with E-state index < -0.39 is 11.8 Å². The summed E-state index contributed by atoms with van der Waals surface area (Å²) < 4.78 is 1.75. The molecule has 1 aliphatic heterocycles. The quantitative estimate of drug-likeness (QED) is 0.610. The number of carbonyl (C=O) groups excluding carboxylic acids is 2. The van der Waals surface area contributed by atoms with E-state index in [1.165, 1.54) is 12.8 Å². The third-order valence-electron chi connectivity index (χ3n) is 5.46. The topological polar surface area (TPSA) is 76.0 Å². The van der Waals surface area contributed by atoms with Gasteiger partial charge in [0.05, 0.1) is 11.4 Å². The lowest BCUT2D eigenvalue weighted by atomic mass is 10.1. The Morgan fingerprint density at radius 1 is 1.04 bits per heavy atom. The van der Waals surface area contributed by atoms with Crippen LogP contribution in [0, 0.1) is 6.92 Å². The van der Waals surface area contributed by atoms with Gasteiger partial charge in [0, 0.05) is 23.1 Å². The zero-order valence-electron chi connectivity index (χ0n) is 16.2. The molecule has 2 N–H and O–H groups in total. The molecule has 1 saturated carbocycles. The molecule has 148 valence electrons. The normalized spacial score (nSPS) is 17.0. The second-order valence-corrected chi connectivity index (χ2v) is 8.62. The fourth-order valence-corrected chi connectivity index (χ4v) is 4.89. The van der Waals surface area contributed by atoms with E-state index >= 15 is 0 Å². The first-order valence-electron chi connectivity index (χ1n) is 9.99. The van der Waals surface area contributed by atoms with Crippen LogP contribution in [0.15, 0.2) is 24.3 Å². The molecule has 0 saturated heterocycles. The van der Waals surface area contributed by atoms with Crippen molar-refractivity contribution < 1.29 is 9.59 Å². The largest absolute Gasteiger partial charge is 0.345 e. The van der Waals surface area contributed by atoms with Crippen molar-refractivity contribution in [2.45, 2.75) is 63.0 Å². The summed E-state index contributed by atoms with van der Waals surface area (Å²) in [4.78, 5) is 25.1. The van der Waals surface area contributed by atoms with Crippen molar-refractivity contribution in [3.63, 3.8) is 0 Å². The van der Waals surface area contributed by atoms with Gasteiger partial charge in [0.15, 0.2) is 0 Å². The summed E-state index contributed by atoms with van der Waals surface area (Å²) in [5.74, 6) is 1.07. The summed E-state index contributed by atoms with van der Waals surface area (Å²) in [6, 6.07) is 8.09. The van der Waals surface area contributed by atoms with Gasteiger partial charge in [-0.05, 0) is 31.9 Å². The third-order valence-corrected chi connectivity index (χ3v) is 6.43. The highest BCUT2D eigenvalue weighted by atomic mass is 32.2. The van der Waals surface area contributed by atoms with Crippen molar-refractivity contribution in [3.05, 3.63) is 41.1 Å². The molecular formula is C21H26N4O2S. The average molecular weight is 399 g/mol. The molecule has 0 spiro atoms. The molecule has 0 radical (unpaired) electrons. The zero-order valence-corrected chi connectivity index (χ0v) is 17.0. The lowest BCUT2D eigenvalue weighted by molar-refractivity contribution is -0.136. The monoisotopic (exact) mass is 398 g/mol. The van der Waals surface area contributed by atoms with Gasteiger partial charge >= 0.3 is 11.8 Å². The maximum atomic E-state index is 12.6. The maximum Gasteiger partial charge on any atom is 0.314 e. The molecule has 4 rings (SSSR count). The van der Waals surface area contributed by atoms with E-state index in [0.717, 1.165) is 59.7 Å². The van der Waals surface area contributed by atoms with Gasteiger partial charge in [0.1, 0.15) is 5.82 Å². The molecule has 7 heteroatoms. The van der Waals surface area contributed by atoms with Crippen molar-refractivity contribution in [3.8, 4) is 5.69 Å². The van der Waals surface area contributed by atoms with E-state index in [9.17, 15) is 9.59 Å². The van der Waals surface area contributed by atoms with Gasteiger partial charge in [-0.25, -0.2) is 4.68 Å². The molecular weight excluding hydrogens is 372 g/mol. The van der Waals surface area contributed by atoms with E-state index in [-0.39, 0.29) is 6.04 Å². The summed E-state index contributed by atoms with van der Waals surface area (Å²) in [6.45, 7) is 2.03. The molecule has 1 aliphatic carbocycles. The summed E-state index contributed by atoms with van der Waals surface area (Å²) in [7, 11) is 0. The van der Waals surface area contributed by atoms with E-state index in [4.69, 9.17) is 0 Å². The molecule has 1 aromatic heterocycles. The fourth-order valence-electron chi connectivity index (χ4n) is 3.85. The lowest BCUT2D eigenvalue weighted by Gasteiger charge is -2.16. The Kier molecular flexibility index (Phi) is 5.71. The molecule has 0 bridgehead atoms. The number of nitrogens with zero attached hydrogens (tertiary/aromatic N) is 2. The molecule has 1 fully saturated rings. The number of hydrogen-bond donors (Lipinski definition) is 2. The summed E-state index contributed by atoms with van der Waals surface area (Å²) in [5, 5.41) is 10.4. The molecule has 0 unspecified atom stereocenters. The van der Waals surface area contributed by atoms with Crippen molar-refractivity contribution in [1.82, 2.24) is 15.1 Å². The standard InChI is InChI=1S/C21H26N4O2S/c1-14-8-10-16(11-9-14)25-19(17-12-28-13-18(17)24-25)23-21(27)20(26)22-15-6-4-2-3-5-7-15/h8-11,15H,2-7,12-13H2,1H3,(H,22,26)(H,23,27). The van der Waals surface area contributed by atoms with Crippen LogP contribution in [0.4, 0.5) is 5.82 Å². The number of carbonyl (C=O) groups is 2. The van der Waals surface area contributed by atoms with Crippen LogP contribution in [-0.2, 0) is 21.1 Å². The van der Waals surface area contributed by atoms with E-state index in [1.54, 1.807) is 16.4 Å². The molecule has 2 heterocycles. The predicted molar refractivity (Wildman–Crippen MR) is 112 cm³/mol. The van der Waals surface area contributed by atoms with Crippen molar-refractivity contribution in [2.75, 3.05) is 5.32 Å². The van der Waals surface area contributed by atoms with E-state index in [1.807, 2.05) is 31.2 Å². The lowest BCUT2D eigenvalue weighted by Crippen LogP contribution is -2.42. The molecule has 2 amide bonds. The first-order chi connectivity index (χ1) is 13.6. The number of anilines is 1. The second-order valence-electron chi connectivity index (χ2n) is 7.63. The van der Waals surface area contributed by atoms with Gasteiger partial charge in [-0.3, -0.25) is 9.59 Å². The Hall–Kier alpha value is -2.28. The number of amides is 2. The number of aryl methyl sites for hydroxylation is 1. The SMILES string of the molecule is Cc1ccc(-n2nc3c(c2NC(=O)C(=O)NC2CCCCCC2)CSC3)cc1. The van der Waals surface area contributed by atoms with E-state index in [2.05, 4.69) is 15.7 Å². The highest BCUT2D eigenvalue weighted by Crippen LogP contribution is 2.36. The van der Waals surface area contributed by atoms with Crippen molar-refractivity contribution >= 4 is 29.4 Å². The Bertz CT molecular complexity index is 867. The molecule has 28 heavy (non-hydrogen) atoms. The number of nitrogens with one attached hydrogen (secondary N) is 2. The Labute approximate surface area is 169 Å². The van der Waals surface area contributed by atoms with Gasteiger partial charge in [-0.15, -0.1) is 0 Å². The molecule has 1 aromatic carbocycles. The Morgan fingerprint density at radius 3 is 2.46 bits per heavy atom. The number of rotatable bonds is 3. The number of fused-ring (bicyclic) bond motifs is 1. The minimum atomic E-state index is -0.614. The fraction of sp³-hybridized carbons (Fsp3) is 0.476. The minimum Gasteiger partial charge on any atom is -0.345 e. The van der Waals surface area contributed by atoms with Crippen LogP contribution < -0.4 is 10.6 Å². The zero-order chi connectivity index (χ0) is 19.5. The van der Waals surface area contributed by atoms with Gasteiger partial charge in [-0.1, -0.05) is 43.4 Å². The van der Waals surface area contributed by atoms with Crippen LogP contribution >= 0.6 is 11.8 Å². The van der Waals surface area contributed by atoms with Gasteiger partial charge in [0.2, 0.25) is 0 Å². The molecule has 0 atom stereocenters. The number of hydrogen-bond acceptors (Lipinski definition) is 4. The first-order valence-corrected chi connectivity index (χ1v) is 11.1. The van der Waals surface area contributed by atoms with Gasteiger partial charge in [0.25, 0.3) is 0 Å². The molecule has 2 aliphatic rings. The molecule has 6 nitrogen and oxygen atoms in total. The van der Waals surface area contributed by atoms with Crippen LogP contribution in [0.3, 0.4) is 0 Å². The highest BCUT2D eigenvalue weighted by Gasteiger charge is 2.27. The third kappa shape index (κ3) is 4.09. The van der Waals surface area contributed by atoms with Crippen LogP contribution in [-0.4, -0.2) is 27.6 Å². The maximum absolute atomic E-state index is 12.6. The highest BCUT2D eigenvalue weighted by molar-refractivity contribution is 7.98. The van der Waals surface area contributed by atoms with Gasteiger partial charge < -0.3 is 10.6 Å². The van der Waals surface area contributed by atoms with Gasteiger partial charge in [-0.2, -0.15) is 16.9 Å². The summed E-state index contributed by atoms with van der Waals surface area (Å²) >= 11 is 1.77. The minimum absolute atomic E-state index is 0.101. The van der Waals surface area contributed by atoms with E-state index in [0.29, 0.717) is 5.82 Å². The number of aromatic nitrogens is 2. The van der Waals surface area contributed by atoms with Crippen LogP contribution in [0.1, 0.15) is 55.3 Å². The average Bonchev–Trinajstić information content (AvgIpc) is 3.17.